The van der Waals surface area contributed by atoms with Crippen LogP contribution in [0.3, 0.4) is 0 Å². The lowest BCUT2D eigenvalue weighted by atomic mass is 9.76. The Morgan fingerprint density at radius 3 is 2.43 bits per heavy atom. The Kier molecular flexibility index (Phi) is 7.87. The molecule has 0 saturated heterocycles. The van der Waals surface area contributed by atoms with Gasteiger partial charge >= 0.3 is 11.9 Å². The molecule has 5 nitrogen and oxygen atoms in total. The molecule has 2 N–H and O–H groups in total. The Hall–Kier alpha value is -1.52. The first-order valence-electron chi connectivity index (χ1n) is 7.71. The number of hydrogen-bond donors (Lipinski definition) is 2. The van der Waals surface area contributed by atoms with Gasteiger partial charge in [0.05, 0.1) is 18.8 Å². The van der Waals surface area contributed by atoms with Crippen molar-refractivity contribution in [3.05, 3.63) is 12.8 Å². The van der Waals surface area contributed by atoms with E-state index in [1.165, 1.54) is 25.5 Å². The van der Waals surface area contributed by atoms with Gasteiger partial charge in [-0.3, -0.25) is 9.59 Å². The van der Waals surface area contributed by atoms with Crippen LogP contribution in [-0.4, -0.2) is 28.8 Å². The van der Waals surface area contributed by atoms with Crippen LogP contribution in [0.5, 0.6) is 0 Å². The van der Waals surface area contributed by atoms with Gasteiger partial charge in [0.1, 0.15) is 0 Å². The van der Waals surface area contributed by atoms with E-state index in [4.69, 9.17) is 9.84 Å². The number of carboxylic acid groups (broad SMARTS) is 2. The number of carbonyl (C=O) groups is 2. The Morgan fingerprint density at radius 1 is 1.24 bits per heavy atom. The van der Waals surface area contributed by atoms with E-state index in [-0.39, 0.29) is 18.8 Å². The summed E-state index contributed by atoms with van der Waals surface area (Å²) in [6.45, 7) is 4.01. The summed E-state index contributed by atoms with van der Waals surface area (Å²) in [7, 11) is 0. The van der Waals surface area contributed by atoms with Crippen LogP contribution in [0.1, 0.15) is 51.4 Å². The lowest BCUT2D eigenvalue weighted by Crippen LogP contribution is -2.27. The van der Waals surface area contributed by atoms with Crippen molar-refractivity contribution in [1.82, 2.24) is 0 Å². The number of carboxylic acids is 2. The second-order valence-corrected chi connectivity index (χ2v) is 5.86. The maximum Gasteiger partial charge on any atom is 0.306 e. The van der Waals surface area contributed by atoms with Crippen LogP contribution in [0.4, 0.5) is 0 Å². The van der Waals surface area contributed by atoms with Crippen LogP contribution in [-0.2, 0) is 14.3 Å². The van der Waals surface area contributed by atoms with Crippen LogP contribution in [0.15, 0.2) is 12.8 Å². The van der Waals surface area contributed by atoms with Crippen LogP contribution >= 0.6 is 0 Å². The van der Waals surface area contributed by atoms with E-state index < -0.39 is 17.9 Å². The minimum Gasteiger partial charge on any atom is -0.502 e. The van der Waals surface area contributed by atoms with E-state index in [0.717, 1.165) is 12.8 Å². The summed E-state index contributed by atoms with van der Waals surface area (Å²) >= 11 is 0. The number of hydrogen-bond acceptors (Lipinski definition) is 3. The van der Waals surface area contributed by atoms with E-state index >= 15 is 0 Å². The normalized spacial score (nSPS) is 18.7. The molecular weight excluding hydrogens is 272 g/mol. The molecule has 0 radical (unpaired) electrons. The number of rotatable bonds is 10. The molecule has 21 heavy (non-hydrogen) atoms. The van der Waals surface area contributed by atoms with Crippen molar-refractivity contribution in [2.24, 2.45) is 17.8 Å². The Labute approximate surface area is 126 Å². The van der Waals surface area contributed by atoms with Gasteiger partial charge in [0.2, 0.25) is 0 Å². The van der Waals surface area contributed by atoms with E-state index in [0.29, 0.717) is 18.9 Å². The third-order valence-corrected chi connectivity index (χ3v) is 4.39. The van der Waals surface area contributed by atoms with Gasteiger partial charge in [-0.15, -0.1) is 0 Å². The maximum atomic E-state index is 11.4. The zero-order valence-electron chi connectivity index (χ0n) is 12.5. The largest absolute Gasteiger partial charge is 0.502 e. The summed E-state index contributed by atoms with van der Waals surface area (Å²) in [5, 5.41) is 18.0. The summed E-state index contributed by atoms with van der Waals surface area (Å²) < 4.78 is 5.31. The highest BCUT2D eigenvalue weighted by atomic mass is 16.5. The fourth-order valence-corrected chi connectivity index (χ4v) is 3.20. The minimum absolute atomic E-state index is 0.101. The Balaban J connectivity index is 2.63. The van der Waals surface area contributed by atoms with Crippen molar-refractivity contribution in [3.63, 3.8) is 0 Å². The molecule has 0 heterocycles. The predicted octanol–water partition coefficient (Wildman–Crippen LogP) is 3.30. The van der Waals surface area contributed by atoms with Gasteiger partial charge in [0, 0.05) is 6.42 Å². The molecule has 0 amide bonds. The smallest absolute Gasteiger partial charge is 0.306 e. The van der Waals surface area contributed by atoms with Crippen LogP contribution in [0.25, 0.3) is 0 Å². The number of aliphatic carboxylic acids is 2. The van der Waals surface area contributed by atoms with Gasteiger partial charge in [-0.05, 0) is 24.7 Å². The van der Waals surface area contributed by atoms with Crippen LogP contribution in [0.2, 0.25) is 0 Å². The fraction of sp³-hybridized carbons (Fsp3) is 0.750. The third kappa shape index (κ3) is 6.65. The molecule has 1 aliphatic rings. The maximum absolute atomic E-state index is 11.4. The molecule has 0 bridgehead atoms. The average Bonchev–Trinajstić information content (AvgIpc) is 2.47. The summed E-state index contributed by atoms with van der Waals surface area (Å²) in [5.74, 6) is -1.82. The van der Waals surface area contributed by atoms with Crippen molar-refractivity contribution in [3.8, 4) is 0 Å². The predicted molar refractivity (Wildman–Crippen MR) is 78.8 cm³/mol. The van der Waals surface area contributed by atoms with Crippen LogP contribution in [0, 0.1) is 17.8 Å². The van der Waals surface area contributed by atoms with E-state index in [9.17, 15) is 14.7 Å². The third-order valence-electron chi connectivity index (χ3n) is 4.39. The van der Waals surface area contributed by atoms with Crippen molar-refractivity contribution in [2.75, 3.05) is 6.61 Å². The molecule has 1 saturated carbocycles. The van der Waals surface area contributed by atoms with Crippen LogP contribution < -0.4 is 0 Å². The molecule has 5 heteroatoms. The lowest BCUT2D eigenvalue weighted by molar-refractivity contribution is -0.143. The molecule has 1 fully saturated rings. The first-order chi connectivity index (χ1) is 10.0. The highest BCUT2D eigenvalue weighted by Crippen LogP contribution is 2.34. The molecule has 120 valence electrons. The Bertz CT molecular complexity index is 347. The van der Waals surface area contributed by atoms with Crippen molar-refractivity contribution in [2.45, 2.75) is 51.4 Å². The molecule has 1 aliphatic carbocycles. The fourth-order valence-electron chi connectivity index (χ4n) is 3.20. The first-order valence-corrected chi connectivity index (χ1v) is 7.71. The standard InChI is InChI=1S/C16H26O5/c1-2-21-11-14(12-6-4-3-5-7-12)10-13(16(19)20)8-9-15(17)18/h2,12-14H,1,3-11H2,(H,17,18)(H,19,20). The molecule has 0 aromatic carbocycles. The first kappa shape index (κ1) is 17.5. The Morgan fingerprint density at radius 2 is 1.90 bits per heavy atom. The summed E-state index contributed by atoms with van der Waals surface area (Å²) in [4.78, 5) is 22.0. The minimum atomic E-state index is -0.946. The topological polar surface area (TPSA) is 83.8 Å². The SMILES string of the molecule is C=COCC(CC(CCC(=O)O)C(=O)O)C1CCCCC1. The second-order valence-electron chi connectivity index (χ2n) is 5.86. The molecule has 0 spiro atoms. The zero-order valence-corrected chi connectivity index (χ0v) is 12.5. The van der Waals surface area contributed by atoms with Crippen molar-refractivity contribution in [1.29, 1.82) is 0 Å². The van der Waals surface area contributed by atoms with Gasteiger partial charge in [-0.1, -0.05) is 38.7 Å². The highest BCUT2D eigenvalue weighted by molar-refractivity contribution is 5.72. The van der Waals surface area contributed by atoms with Crippen molar-refractivity contribution >= 4 is 11.9 Å². The highest BCUT2D eigenvalue weighted by Gasteiger charge is 2.29. The van der Waals surface area contributed by atoms with E-state index in [2.05, 4.69) is 6.58 Å². The summed E-state index contributed by atoms with van der Waals surface area (Å²) in [6.07, 6.45) is 7.78. The lowest BCUT2D eigenvalue weighted by Gasteiger charge is -2.31. The van der Waals surface area contributed by atoms with Gasteiger partial charge in [-0.25, -0.2) is 0 Å². The van der Waals surface area contributed by atoms with Gasteiger partial charge in [0.15, 0.2) is 0 Å². The molecule has 0 aliphatic heterocycles. The molecule has 0 aromatic rings. The molecule has 1 rings (SSSR count). The van der Waals surface area contributed by atoms with Gasteiger partial charge in [0.25, 0.3) is 0 Å². The monoisotopic (exact) mass is 298 g/mol. The second kappa shape index (κ2) is 9.42. The quantitative estimate of drug-likeness (QED) is 0.605. The number of ether oxygens (including phenoxy) is 1. The average molecular weight is 298 g/mol. The molecule has 0 aromatic heterocycles. The van der Waals surface area contributed by atoms with E-state index in [1.54, 1.807) is 0 Å². The van der Waals surface area contributed by atoms with Gasteiger partial charge in [-0.2, -0.15) is 0 Å². The molecule has 2 atom stereocenters. The van der Waals surface area contributed by atoms with Gasteiger partial charge < -0.3 is 14.9 Å². The van der Waals surface area contributed by atoms with Crippen molar-refractivity contribution < 1.29 is 24.5 Å². The molecule has 2 unspecified atom stereocenters. The molecular formula is C16H26O5. The van der Waals surface area contributed by atoms with E-state index in [1.807, 2.05) is 0 Å². The zero-order chi connectivity index (χ0) is 15.7. The summed E-state index contributed by atoms with van der Waals surface area (Å²) in [6, 6.07) is 0. The summed E-state index contributed by atoms with van der Waals surface area (Å²) in [5.41, 5.74) is 0.